The van der Waals surface area contributed by atoms with Crippen molar-refractivity contribution in [2.45, 2.75) is 13.0 Å². The van der Waals surface area contributed by atoms with E-state index in [1.165, 1.54) is 58.4 Å². The highest BCUT2D eigenvalue weighted by atomic mass is 32.1. The van der Waals surface area contributed by atoms with Crippen molar-refractivity contribution >= 4 is 81.8 Å². The average molecular weight is 594 g/mol. The molecule has 4 heteroatoms. The van der Waals surface area contributed by atoms with Crippen LogP contribution in [0.2, 0.25) is 0 Å². The SMILES string of the molecule is CC12C=Cc3ccccc3C1N=C(n1c3ccccc3c3c4ccccc4c4c5ccccc5sc4c31)N=C2c1ccccc1. The van der Waals surface area contributed by atoms with Gasteiger partial charge in [-0.15, -0.1) is 11.3 Å². The van der Waals surface area contributed by atoms with Crippen LogP contribution in [0.5, 0.6) is 0 Å². The monoisotopic (exact) mass is 593 g/mol. The summed E-state index contributed by atoms with van der Waals surface area (Å²) in [4.78, 5) is 11.2. The summed E-state index contributed by atoms with van der Waals surface area (Å²) in [6.07, 6.45) is 4.56. The molecule has 0 amide bonds. The van der Waals surface area contributed by atoms with Crippen molar-refractivity contribution in [3.8, 4) is 0 Å². The van der Waals surface area contributed by atoms with Gasteiger partial charge in [0.25, 0.3) is 0 Å². The number of hydrogen-bond acceptors (Lipinski definition) is 3. The van der Waals surface area contributed by atoms with E-state index in [-0.39, 0.29) is 6.04 Å². The molecule has 2 aromatic heterocycles. The molecule has 212 valence electrons. The molecule has 10 rings (SSSR count). The van der Waals surface area contributed by atoms with Crippen LogP contribution in [-0.2, 0) is 0 Å². The zero-order chi connectivity index (χ0) is 29.7. The highest BCUT2D eigenvalue weighted by Gasteiger charge is 2.44. The minimum absolute atomic E-state index is 0.115. The fourth-order valence-corrected chi connectivity index (χ4v) is 9.04. The standard InChI is InChI=1S/C41H27N3S/c1-41-24-23-25-13-5-6-16-27(25)39(41)43-40(42-38(41)26-14-3-2-4-15-26)44-32-21-11-9-19-30(32)34-28-17-7-8-18-29(28)35-31-20-10-12-22-33(31)45-37(35)36(34)44/h2-24,39H,1H3. The quantitative estimate of drug-likeness (QED) is 0.181. The summed E-state index contributed by atoms with van der Waals surface area (Å²) in [5.41, 5.74) is 6.55. The number of para-hydroxylation sites is 1. The van der Waals surface area contributed by atoms with Crippen molar-refractivity contribution in [1.82, 2.24) is 4.57 Å². The Kier molecular flexibility index (Phi) is 5.07. The second kappa shape index (κ2) is 9.10. The van der Waals surface area contributed by atoms with Gasteiger partial charge in [-0.05, 0) is 46.5 Å². The molecule has 0 saturated carbocycles. The Bertz CT molecular complexity index is 2620. The van der Waals surface area contributed by atoms with E-state index in [9.17, 15) is 0 Å². The van der Waals surface area contributed by atoms with Gasteiger partial charge in [0.1, 0.15) is 0 Å². The van der Waals surface area contributed by atoms with Gasteiger partial charge in [-0.2, -0.15) is 0 Å². The predicted octanol–water partition coefficient (Wildman–Crippen LogP) is 10.8. The Morgan fingerprint density at radius 2 is 1.33 bits per heavy atom. The number of fused-ring (bicyclic) bond motifs is 13. The molecular weight excluding hydrogens is 567 g/mol. The fourth-order valence-electron chi connectivity index (χ4n) is 7.78. The molecule has 6 aromatic carbocycles. The maximum Gasteiger partial charge on any atom is 0.230 e. The first kappa shape index (κ1) is 25.1. The van der Waals surface area contributed by atoms with Crippen LogP contribution in [0.25, 0.3) is 58.8 Å². The van der Waals surface area contributed by atoms with E-state index in [0.29, 0.717) is 0 Å². The van der Waals surface area contributed by atoms with E-state index in [2.05, 4.69) is 151 Å². The van der Waals surface area contributed by atoms with E-state index < -0.39 is 5.41 Å². The molecular formula is C41H27N3S. The molecule has 2 unspecified atom stereocenters. The van der Waals surface area contributed by atoms with Crippen molar-refractivity contribution in [3.05, 3.63) is 150 Å². The lowest BCUT2D eigenvalue weighted by Gasteiger charge is -2.40. The van der Waals surface area contributed by atoms with Crippen LogP contribution < -0.4 is 0 Å². The van der Waals surface area contributed by atoms with Crippen LogP contribution in [0.1, 0.15) is 29.7 Å². The third kappa shape index (κ3) is 3.35. The number of hydrogen-bond donors (Lipinski definition) is 0. The lowest BCUT2D eigenvalue weighted by Crippen LogP contribution is -2.39. The van der Waals surface area contributed by atoms with E-state index in [1.54, 1.807) is 0 Å². The number of aliphatic imine (C=N–C) groups is 2. The Balaban J connectivity index is 1.40. The largest absolute Gasteiger partial charge is 0.277 e. The number of nitrogens with zero attached hydrogens (tertiary/aromatic N) is 3. The van der Waals surface area contributed by atoms with Gasteiger partial charge in [-0.25, -0.2) is 9.98 Å². The Labute approximate surface area is 264 Å². The number of rotatable bonds is 1. The number of aromatic nitrogens is 1. The Hall–Kier alpha value is -5.32. The molecule has 1 aliphatic heterocycles. The summed E-state index contributed by atoms with van der Waals surface area (Å²) in [5, 5.41) is 7.64. The summed E-state index contributed by atoms with van der Waals surface area (Å²) >= 11 is 1.87. The highest BCUT2D eigenvalue weighted by Crippen LogP contribution is 2.50. The zero-order valence-electron chi connectivity index (χ0n) is 24.6. The first-order chi connectivity index (χ1) is 22.2. The van der Waals surface area contributed by atoms with Gasteiger partial charge in [-0.3, -0.25) is 4.57 Å². The normalized spacial score (nSPS) is 19.3. The lowest BCUT2D eigenvalue weighted by molar-refractivity contribution is 0.460. The highest BCUT2D eigenvalue weighted by molar-refractivity contribution is 7.27. The number of thiophene rings is 1. The molecule has 3 nitrogen and oxygen atoms in total. The maximum atomic E-state index is 5.62. The first-order valence-corrected chi connectivity index (χ1v) is 16.3. The molecule has 1 aliphatic carbocycles. The molecule has 0 spiro atoms. The van der Waals surface area contributed by atoms with E-state index >= 15 is 0 Å². The van der Waals surface area contributed by atoms with Crippen LogP contribution in [0, 0.1) is 5.41 Å². The molecule has 0 saturated heterocycles. The van der Waals surface area contributed by atoms with Gasteiger partial charge >= 0.3 is 0 Å². The number of benzene rings is 6. The molecule has 0 fully saturated rings. The molecule has 2 aliphatic rings. The maximum absolute atomic E-state index is 5.62. The van der Waals surface area contributed by atoms with Crippen molar-refractivity contribution in [2.24, 2.45) is 15.4 Å². The third-order valence-electron chi connectivity index (χ3n) is 9.83. The van der Waals surface area contributed by atoms with Gasteiger partial charge in [0, 0.05) is 26.2 Å². The van der Waals surface area contributed by atoms with Gasteiger partial charge in [-0.1, -0.05) is 127 Å². The molecule has 8 aromatic rings. The summed E-state index contributed by atoms with van der Waals surface area (Å²) in [6.45, 7) is 2.29. The van der Waals surface area contributed by atoms with Crippen LogP contribution in [0.4, 0.5) is 0 Å². The van der Waals surface area contributed by atoms with Crippen molar-refractivity contribution in [1.29, 1.82) is 0 Å². The van der Waals surface area contributed by atoms with Gasteiger partial charge in [0.2, 0.25) is 5.96 Å². The topological polar surface area (TPSA) is 29.6 Å². The minimum Gasteiger partial charge on any atom is -0.277 e. The van der Waals surface area contributed by atoms with E-state index in [1.807, 2.05) is 11.3 Å². The first-order valence-electron chi connectivity index (χ1n) is 15.5. The molecule has 3 heterocycles. The van der Waals surface area contributed by atoms with Crippen molar-refractivity contribution < 1.29 is 0 Å². The van der Waals surface area contributed by atoms with Crippen molar-refractivity contribution in [3.63, 3.8) is 0 Å². The lowest BCUT2D eigenvalue weighted by atomic mass is 9.68. The summed E-state index contributed by atoms with van der Waals surface area (Å²) < 4.78 is 4.93. The summed E-state index contributed by atoms with van der Waals surface area (Å²) in [7, 11) is 0. The smallest absolute Gasteiger partial charge is 0.230 e. The van der Waals surface area contributed by atoms with Crippen LogP contribution in [-0.4, -0.2) is 16.2 Å². The molecule has 0 bridgehead atoms. The van der Waals surface area contributed by atoms with E-state index in [0.717, 1.165) is 22.8 Å². The summed E-state index contributed by atoms with van der Waals surface area (Å²) in [6, 6.07) is 45.7. The second-order valence-corrected chi connectivity index (χ2v) is 13.4. The molecule has 0 N–H and O–H groups in total. The predicted molar refractivity (Wildman–Crippen MR) is 192 cm³/mol. The van der Waals surface area contributed by atoms with Crippen LogP contribution in [0.15, 0.2) is 143 Å². The Morgan fingerprint density at radius 1 is 0.667 bits per heavy atom. The fraction of sp³-hybridized carbons (Fsp3) is 0.0732. The molecule has 0 radical (unpaired) electrons. The van der Waals surface area contributed by atoms with Gasteiger partial charge in [0.15, 0.2) is 0 Å². The Morgan fingerprint density at radius 3 is 2.18 bits per heavy atom. The zero-order valence-corrected chi connectivity index (χ0v) is 25.4. The average Bonchev–Trinajstić information content (AvgIpc) is 3.65. The molecule has 2 atom stereocenters. The van der Waals surface area contributed by atoms with E-state index in [4.69, 9.17) is 9.98 Å². The third-order valence-corrected chi connectivity index (χ3v) is 11.0. The molecule has 45 heavy (non-hydrogen) atoms. The second-order valence-electron chi connectivity index (χ2n) is 12.3. The van der Waals surface area contributed by atoms with Crippen molar-refractivity contribution in [2.75, 3.05) is 0 Å². The van der Waals surface area contributed by atoms with Gasteiger partial charge in [0.05, 0.1) is 32.9 Å². The summed E-state index contributed by atoms with van der Waals surface area (Å²) in [5.74, 6) is 0.738. The minimum atomic E-state index is -0.391. The van der Waals surface area contributed by atoms with Crippen LogP contribution in [0.3, 0.4) is 0 Å². The van der Waals surface area contributed by atoms with Crippen LogP contribution >= 0.6 is 11.3 Å². The van der Waals surface area contributed by atoms with Gasteiger partial charge < -0.3 is 0 Å².